The lowest BCUT2D eigenvalue weighted by atomic mass is 10.1. The van der Waals surface area contributed by atoms with E-state index < -0.39 is 0 Å². The van der Waals surface area contributed by atoms with Gasteiger partial charge < -0.3 is 24.8 Å². The van der Waals surface area contributed by atoms with Crippen LogP contribution < -0.4 is 20.3 Å². The second kappa shape index (κ2) is 9.33. The van der Waals surface area contributed by atoms with Crippen LogP contribution in [0.3, 0.4) is 0 Å². The molecule has 1 aliphatic heterocycles. The van der Waals surface area contributed by atoms with Crippen LogP contribution in [0.25, 0.3) is 21.9 Å². The average Bonchev–Trinajstić information content (AvgIpc) is 3.26. The second-order valence-corrected chi connectivity index (χ2v) is 9.53. The number of hydrogen-bond acceptors (Lipinski definition) is 7. The van der Waals surface area contributed by atoms with Gasteiger partial charge in [-0.3, -0.25) is 0 Å². The van der Waals surface area contributed by atoms with Gasteiger partial charge in [-0.1, -0.05) is 0 Å². The summed E-state index contributed by atoms with van der Waals surface area (Å²) in [4.78, 5) is 15.2. The quantitative estimate of drug-likeness (QED) is 0.341. The van der Waals surface area contributed by atoms with E-state index in [-0.39, 0.29) is 5.82 Å². The molecule has 0 radical (unpaired) electrons. The van der Waals surface area contributed by atoms with Crippen molar-refractivity contribution in [3.63, 3.8) is 0 Å². The van der Waals surface area contributed by atoms with Gasteiger partial charge in [0, 0.05) is 44.5 Å². The summed E-state index contributed by atoms with van der Waals surface area (Å²) in [5, 5.41) is 7.08. The van der Waals surface area contributed by atoms with E-state index in [9.17, 15) is 0 Å². The number of imidazole rings is 1. The number of rotatable bonds is 5. The van der Waals surface area contributed by atoms with Crippen molar-refractivity contribution in [3.05, 3.63) is 72.6 Å². The highest BCUT2D eigenvalue weighted by molar-refractivity contribution is 5.94. The number of fused-ring (bicyclic) bond motifs is 2. The standard InChI is InChI=1S/C28H28FN7O/c1-17-12-19(4-9-25(17)37-20-5-7-23-22(13-20)33-16-35(23)3)34-28-26-21(31-15-32-28)6-8-24(27(26)29)36-11-10-30-18(2)14-36/h4-9,12-13,15-16,18,30H,10-11,14H2,1-3H3,(H,31,32,34)/t18-/m1/s1. The van der Waals surface area contributed by atoms with E-state index in [1.54, 1.807) is 6.33 Å². The highest BCUT2D eigenvalue weighted by Gasteiger charge is 2.22. The van der Waals surface area contributed by atoms with Crippen molar-refractivity contribution in [1.29, 1.82) is 0 Å². The number of hydrogen-bond donors (Lipinski definition) is 2. The smallest absolute Gasteiger partial charge is 0.159 e. The van der Waals surface area contributed by atoms with Gasteiger partial charge in [0.25, 0.3) is 0 Å². The number of aromatic nitrogens is 4. The predicted octanol–water partition coefficient (Wildman–Crippen LogP) is 5.30. The summed E-state index contributed by atoms with van der Waals surface area (Å²) in [6.45, 7) is 6.39. The maximum atomic E-state index is 15.8. The minimum Gasteiger partial charge on any atom is -0.457 e. The zero-order chi connectivity index (χ0) is 25.5. The number of anilines is 3. The summed E-state index contributed by atoms with van der Waals surface area (Å²) in [6, 6.07) is 15.6. The monoisotopic (exact) mass is 497 g/mol. The molecule has 3 heterocycles. The molecule has 3 aromatic carbocycles. The van der Waals surface area contributed by atoms with Crippen LogP contribution in [-0.4, -0.2) is 45.2 Å². The van der Waals surface area contributed by atoms with Crippen LogP contribution in [0, 0.1) is 12.7 Å². The molecule has 5 aromatic rings. The van der Waals surface area contributed by atoms with Crippen molar-refractivity contribution in [2.75, 3.05) is 29.9 Å². The summed E-state index contributed by atoms with van der Waals surface area (Å²) in [5.41, 5.74) is 4.77. The summed E-state index contributed by atoms with van der Waals surface area (Å²) >= 11 is 0. The minimum atomic E-state index is -0.309. The van der Waals surface area contributed by atoms with Crippen molar-refractivity contribution in [2.45, 2.75) is 19.9 Å². The SMILES string of the molecule is Cc1cc(Nc2ncnc3ccc(N4CCN[C@H](C)C4)c(F)c23)ccc1Oc1ccc2c(c1)ncn2C. The number of benzene rings is 3. The lowest BCUT2D eigenvalue weighted by molar-refractivity contribution is 0.479. The first kappa shape index (κ1) is 23.2. The third kappa shape index (κ3) is 4.42. The fraction of sp³-hybridized carbons (Fsp3) is 0.250. The van der Waals surface area contributed by atoms with E-state index >= 15 is 4.39 Å². The van der Waals surface area contributed by atoms with E-state index in [0.717, 1.165) is 47.7 Å². The number of aryl methyl sites for hydroxylation is 2. The molecule has 0 unspecified atom stereocenters. The lowest BCUT2D eigenvalue weighted by Gasteiger charge is -2.34. The zero-order valence-corrected chi connectivity index (χ0v) is 21.0. The molecule has 0 amide bonds. The number of piperazine rings is 1. The Morgan fingerprint density at radius 2 is 1.95 bits per heavy atom. The van der Waals surface area contributed by atoms with Crippen LogP contribution in [0.1, 0.15) is 12.5 Å². The van der Waals surface area contributed by atoms with Crippen LogP contribution in [0.4, 0.5) is 21.6 Å². The van der Waals surface area contributed by atoms with Crippen LogP contribution >= 0.6 is 0 Å². The van der Waals surface area contributed by atoms with Gasteiger partial charge in [0.05, 0.1) is 34.0 Å². The molecule has 9 heteroatoms. The van der Waals surface area contributed by atoms with Gasteiger partial charge in [-0.15, -0.1) is 0 Å². The Kier molecular flexibility index (Phi) is 5.84. The van der Waals surface area contributed by atoms with Crippen molar-refractivity contribution < 1.29 is 9.13 Å². The lowest BCUT2D eigenvalue weighted by Crippen LogP contribution is -2.49. The molecule has 0 bridgehead atoms. The van der Waals surface area contributed by atoms with Crippen LogP contribution in [0.2, 0.25) is 0 Å². The number of ether oxygens (including phenoxy) is 1. The number of nitrogens with zero attached hydrogens (tertiary/aromatic N) is 5. The molecule has 0 spiro atoms. The fourth-order valence-electron chi connectivity index (χ4n) is 4.88. The normalized spacial score (nSPS) is 15.9. The summed E-state index contributed by atoms with van der Waals surface area (Å²) in [5.74, 6) is 1.57. The third-order valence-electron chi connectivity index (χ3n) is 6.79. The van der Waals surface area contributed by atoms with Crippen LogP contribution in [-0.2, 0) is 7.05 Å². The molecule has 1 atom stereocenters. The molecule has 6 rings (SSSR count). The molecule has 0 aliphatic carbocycles. The maximum absolute atomic E-state index is 15.8. The van der Waals surface area contributed by atoms with Gasteiger partial charge in [0.1, 0.15) is 23.6 Å². The van der Waals surface area contributed by atoms with E-state index in [2.05, 4.69) is 37.4 Å². The average molecular weight is 498 g/mol. The van der Waals surface area contributed by atoms with Crippen LogP contribution in [0.5, 0.6) is 11.5 Å². The molecule has 188 valence electrons. The fourth-order valence-corrected chi connectivity index (χ4v) is 4.88. The minimum absolute atomic E-state index is 0.294. The van der Waals surface area contributed by atoms with E-state index in [4.69, 9.17) is 4.74 Å². The molecule has 2 aromatic heterocycles. The van der Waals surface area contributed by atoms with Gasteiger partial charge in [-0.25, -0.2) is 19.3 Å². The molecule has 0 saturated carbocycles. The number of halogens is 1. The molecular formula is C28H28FN7O. The molecule has 37 heavy (non-hydrogen) atoms. The molecule has 1 fully saturated rings. The summed E-state index contributed by atoms with van der Waals surface area (Å²) in [6.07, 6.45) is 3.24. The highest BCUT2D eigenvalue weighted by atomic mass is 19.1. The van der Waals surface area contributed by atoms with E-state index in [1.165, 1.54) is 6.33 Å². The Hall–Kier alpha value is -4.24. The van der Waals surface area contributed by atoms with Crippen molar-refractivity contribution in [1.82, 2.24) is 24.8 Å². The first-order valence-electron chi connectivity index (χ1n) is 12.3. The largest absolute Gasteiger partial charge is 0.457 e. The molecule has 2 N–H and O–H groups in total. The van der Waals surface area contributed by atoms with Crippen molar-refractivity contribution in [3.8, 4) is 11.5 Å². The Morgan fingerprint density at radius 1 is 1.05 bits per heavy atom. The Balaban J connectivity index is 1.28. The third-order valence-corrected chi connectivity index (χ3v) is 6.79. The molecule has 8 nitrogen and oxygen atoms in total. The Morgan fingerprint density at radius 3 is 2.78 bits per heavy atom. The summed E-state index contributed by atoms with van der Waals surface area (Å²) < 4.78 is 23.9. The van der Waals surface area contributed by atoms with Gasteiger partial charge >= 0.3 is 0 Å². The molecular weight excluding hydrogens is 469 g/mol. The van der Waals surface area contributed by atoms with Gasteiger partial charge in [0.15, 0.2) is 5.82 Å². The van der Waals surface area contributed by atoms with E-state index in [0.29, 0.717) is 34.2 Å². The maximum Gasteiger partial charge on any atom is 0.159 e. The summed E-state index contributed by atoms with van der Waals surface area (Å²) in [7, 11) is 1.96. The van der Waals surface area contributed by atoms with Crippen molar-refractivity contribution in [2.24, 2.45) is 7.05 Å². The molecule has 1 saturated heterocycles. The van der Waals surface area contributed by atoms with Crippen LogP contribution in [0.15, 0.2) is 61.2 Å². The first-order chi connectivity index (χ1) is 18.0. The second-order valence-electron chi connectivity index (χ2n) is 9.53. The van der Waals surface area contributed by atoms with Crippen molar-refractivity contribution >= 4 is 39.1 Å². The predicted molar refractivity (Wildman–Crippen MR) is 144 cm³/mol. The zero-order valence-electron chi connectivity index (χ0n) is 21.0. The highest BCUT2D eigenvalue weighted by Crippen LogP contribution is 2.34. The topological polar surface area (TPSA) is 80.1 Å². The number of nitrogens with one attached hydrogen (secondary N) is 2. The van der Waals surface area contributed by atoms with Gasteiger partial charge in [-0.2, -0.15) is 0 Å². The first-order valence-corrected chi connectivity index (χ1v) is 12.3. The van der Waals surface area contributed by atoms with E-state index in [1.807, 2.05) is 67.1 Å². The Labute approximate surface area is 214 Å². The van der Waals surface area contributed by atoms with Gasteiger partial charge in [-0.05, 0) is 61.9 Å². The molecule has 1 aliphatic rings. The Bertz CT molecular complexity index is 1620. The van der Waals surface area contributed by atoms with Gasteiger partial charge in [0.2, 0.25) is 0 Å².